The summed E-state index contributed by atoms with van der Waals surface area (Å²) in [7, 11) is 0. The van der Waals surface area contributed by atoms with Gasteiger partial charge >= 0.3 is 0 Å². The van der Waals surface area contributed by atoms with E-state index < -0.39 is 29.6 Å². The van der Waals surface area contributed by atoms with Gasteiger partial charge in [-0.15, -0.1) is 5.10 Å². The van der Waals surface area contributed by atoms with E-state index in [1.165, 1.54) is 0 Å². The minimum absolute atomic E-state index is 0.305. The quantitative estimate of drug-likeness (QED) is 0.859. The molecule has 88 valence electrons. The van der Waals surface area contributed by atoms with Crippen molar-refractivity contribution < 1.29 is 16.3 Å². The monoisotopic (exact) mass is 241 g/mol. The SMILES string of the molecule is [2H]C([2H])(c1c(F)cccc1F)[15n]1cc(C(N)=O)nn1. The lowest BCUT2D eigenvalue weighted by Gasteiger charge is -2.03. The Kier molecular flexibility index (Phi) is 2.22. The molecule has 0 saturated carbocycles. The third-order valence-corrected chi connectivity index (χ3v) is 1.93. The van der Waals surface area contributed by atoms with E-state index in [-0.39, 0.29) is 5.69 Å². The summed E-state index contributed by atoms with van der Waals surface area (Å²) in [4.78, 5) is 10.8. The zero-order valence-electron chi connectivity index (χ0n) is 10.4. The molecule has 5 nitrogen and oxygen atoms in total. The van der Waals surface area contributed by atoms with Gasteiger partial charge in [0.1, 0.15) is 11.6 Å². The maximum atomic E-state index is 13.6. The highest BCUT2D eigenvalue weighted by molar-refractivity contribution is 5.90. The molecule has 0 radical (unpaired) electrons. The van der Waals surface area contributed by atoms with E-state index >= 15 is 0 Å². The normalized spacial score (nSPS) is 13.1. The zero-order chi connectivity index (χ0) is 14.2. The first-order valence-corrected chi connectivity index (χ1v) is 4.51. The van der Waals surface area contributed by atoms with Gasteiger partial charge < -0.3 is 5.73 Å². The molecule has 2 N–H and O–H groups in total. The van der Waals surface area contributed by atoms with Crippen molar-refractivity contribution in [2.45, 2.75) is 6.50 Å². The lowest BCUT2D eigenvalue weighted by atomic mass is 10.2. The van der Waals surface area contributed by atoms with Crippen LogP contribution in [0.25, 0.3) is 0 Å². The van der Waals surface area contributed by atoms with Gasteiger partial charge in [0.05, 0.1) is 15.4 Å². The summed E-state index contributed by atoms with van der Waals surface area (Å²) in [5, 5.41) is 6.65. The van der Waals surface area contributed by atoms with Gasteiger partial charge in [-0.05, 0) is 12.1 Å². The molecule has 0 bridgehead atoms. The van der Waals surface area contributed by atoms with E-state index in [4.69, 9.17) is 8.48 Å². The summed E-state index contributed by atoms with van der Waals surface area (Å²) < 4.78 is 43.1. The Bertz CT molecular complexity index is 624. The first-order chi connectivity index (χ1) is 8.84. The molecule has 2 rings (SSSR count). The molecule has 1 aromatic carbocycles. The molecule has 0 fully saturated rings. The Morgan fingerprint density at radius 3 is 2.65 bits per heavy atom. The van der Waals surface area contributed by atoms with Crippen molar-refractivity contribution in [3.8, 4) is 0 Å². The molecule has 0 aliphatic carbocycles. The van der Waals surface area contributed by atoms with Crippen LogP contribution in [0.3, 0.4) is 0 Å². The highest BCUT2D eigenvalue weighted by Crippen LogP contribution is 2.13. The Morgan fingerprint density at radius 2 is 2.12 bits per heavy atom. The van der Waals surface area contributed by atoms with Crippen LogP contribution in [0.4, 0.5) is 8.78 Å². The fourth-order valence-electron chi connectivity index (χ4n) is 1.15. The average Bonchev–Trinajstić information content (AvgIpc) is 2.78. The molecule has 1 heterocycles. The van der Waals surface area contributed by atoms with Crippen molar-refractivity contribution in [3.05, 3.63) is 47.3 Å². The second-order valence-electron chi connectivity index (χ2n) is 3.12. The largest absolute Gasteiger partial charge is 0.364 e. The molecule has 0 saturated heterocycles. The van der Waals surface area contributed by atoms with Gasteiger partial charge in [-0.1, -0.05) is 11.3 Å². The van der Waals surface area contributed by atoms with Gasteiger partial charge in [-0.25, -0.2) is 13.5 Å². The number of halogens is 2. The van der Waals surface area contributed by atoms with Crippen LogP contribution < -0.4 is 5.73 Å². The highest BCUT2D eigenvalue weighted by atomic mass is 19.1. The van der Waals surface area contributed by atoms with Gasteiger partial charge in [0.2, 0.25) is 0 Å². The Labute approximate surface area is 97.7 Å². The van der Waals surface area contributed by atoms with Crippen LogP contribution in [0.1, 0.15) is 18.8 Å². The first-order valence-electron chi connectivity index (χ1n) is 5.51. The summed E-state index contributed by atoms with van der Waals surface area (Å²) in [5.74, 6) is -3.06. The second kappa shape index (κ2) is 4.28. The topological polar surface area (TPSA) is 73.8 Å². The van der Waals surface area contributed by atoms with E-state index in [1.54, 1.807) is 0 Å². The predicted octanol–water partition coefficient (Wildman–Crippen LogP) is 0.703. The van der Waals surface area contributed by atoms with Crippen LogP contribution in [0.15, 0.2) is 24.4 Å². The number of rotatable bonds is 3. The summed E-state index contributed by atoms with van der Waals surface area (Å²) in [6.07, 6.45) is 0.883. The minimum atomic E-state index is -2.64. The van der Waals surface area contributed by atoms with Crippen molar-refractivity contribution in [1.29, 1.82) is 0 Å². The molecule has 0 spiro atoms. The maximum Gasteiger partial charge on any atom is 0.270 e. The van der Waals surface area contributed by atoms with Gasteiger partial charge in [0, 0.05) is 5.56 Å². The predicted molar refractivity (Wildman–Crippen MR) is 54.0 cm³/mol. The van der Waals surface area contributed by atoms with Gasteiger partial charge in [-0.3, -0.25) is 4.79 Å². The van der Waals surface area contributed by atoms with Crippen molar-refractivity contribution in [2.24, 2.45) is 5.73 Å². The van der Waals surface area contributed by atoms with E-state index in [1.807, 2.05) is 0 Å². The summed E-state index contributed by atoms with van der Waals surface area (Å²) in [5.41, 5.74) is 3.82. The van der Waals surface area contributed by atoms with Crippen LogP contribution in [0, 0.1) is 11.6 Å². The van der Waals surface area contributed by atoms with E-state index in [0.717, 1.165) is 24.4 Å². The Balaban J connectivity index is 2.55. The number of primary amides is 1. The molecule has 0 aliphatic rings. The van der Waals surface area contributed by atoms with E-state index in [2.05, 4.69) is 10.3 Å². The summed E-state index contributed by atoms with van der Waals surface area (Å²) in [6, 6.07) is 2.95. The number of nitrogens with zero attached hydrogens (tertiary/aromatic N) is 3. The number of aromatic nitrogens is 3. The maximum absolute atomic E-state index is 13.6. The molecule has 0 unspecified atom stereocenters. The lowest BCUT2D eigenvalue weighted by Crippen LogP contribution is -2.11. The number of amides is 1. The lowest BCUT2D eigenvalue weighted by molar-refractivity contribution is 0.0995. The molecular formula is C10H8F2N4O. The van der Waals surface area contributed by atoms with Gasteiger partial charge in [-0.2, -0.15) is 0 Å². The standard InChI is InChI=1S/C10H8F2N4O/c11-7-2-1-3-8(12)6(7)4-16-5-9(10(13)17)14-15-16/h1-3,5H,4H2,(H2,13,17)/i4D2,16+1. The van der Waals surface area contributed by atoms with Crippen molar-refractivity contribution >= 4 is 5.91 Å². The zero-order valence-corrected chi connectivity index (χ0v) is 8.39. The van der Waals surface area contributed by atoms with Gasteiger partial charge in [0.25, 0.3) is 5.91 Å². The van der Waals surface area contributed by atoms with Crippen molar-refractivity contribution in [3.63, 3.8) is 0 Å². The fourth-order valence-corrected chi connectivity index (χ4v) is 1.15. The number of hydrogen-bond acceptors (Lipinski definition) is 3. The summed E-state index contributed by atoms with van der Waals surface area (Å²) in [6.45, 7) is -2.64. The van der Waals surface area contributed by atoms with E-state index in [9.17, 15) is 13.6 Å². The minimum Gasteiger partial charge on any atom is -0.364 e. The smallest absolute Gasteiger partial charge is 0.270 e. The fraction of sp³-hybridized carbons (Fsp3) is 0.100. The second-order valence-corrected chi connectivity index (χ2v) is 3.12. The molecule has 1 aromatic heterocycles. The van der Waals surface area contributed by atoms with Crippen LogP contribution in [-0.2, 0) is 6.50 Å². The number of hydrogen-bond donors (Lipinski definition) is 1. The number of benzene rings is 1. The third kappa shape index (κ3) is 2.27. The number of carbonyl (C=O) groups excluding carboxylic acids is 1. The first kappa shape index (κ1) is 8.80. The summed E-state index contributed by atoms with van der Waals surface area (Å²) >= 11 is 0. The molecule has 7 heteroatoms. The van der Waals surface area contributed by atoms with Crippen LogP contribution in [0.5, 0.6) is 0 Å². The van der Waals surface area contributed by atoms with E-state index in [0.29, 0.717) is 4.68 Å². The number of nitrogens with two attached hydrogens (primary N) is 1. The van der Waals surface area contributed by atoms with Crippen LogP contribution in [0.2, 0.25) is 0 Å². The number of carbonyl (C=O) groups is 1. The Morgan fingerprint density at radius 1 is 1.47 bits per heavy atom. The molecule has 0 atom stereocenters. The molecule has 17 heavy (non-hydrogen) atoms. The van der Waals surface area contributed by atoms with Crippen molar-refractivity contribution in [2.75, 3.05) is 0 Å². The molecular weight excluding hydrogens is 231 g/mol. The van der Waals surface area contributed by atoms with Gasteiger partial charge in [0.15, 0.2) is 5.69 Å². The third-order valence-electron chi connectivity index (χ3n) is 1.93. The Hall–Kier alpha value is -2.31. The van der Waals surface area contributed by atoms with Crippen LogP contribution in [-0.4, -0.2) is 20.9 Å². The molecule has 0 aliphatic heterocycles. The average molecular weight is 241 g/mol. The highest BCUT2D eigenvalue weighted by Gasteiger charge is 2.11. The van der Waals surface area contributed by atoms with Crippen molar-refractivity contribution in [1.82, 2.24) is 15.0 Å². The molecule has 1 amide bonds. The van der Waals surface area contributed by atoms with Crippen LogP contribution >= 0.6 is 0 Å². The molecule has 2 aromatic rings.